The molecule has 1 atom stereocenters. The van der Waals surface area contributed by atoms with E-state index in [4.69, 9.17) is 21.1 Å². The number of nitrogens with zero attached hydrogens (tertiary/aromatic N) is 2. The highest BCUT2D eigenvalue weighted by Gasteiger charge is 2.44. The summed E-state index contributed by atoms with van der Waals surface area (Å²) in [5.74, 6) is -0.355. The molecule has 1 aliphatic heterocycles. The maximum Gasteiger partial charge on any atom is 0.359 e. The van der Waals surface area contributed by atoms with Crippen molar-refractivity contribution in [3.63, 3.8) is 0 Å². The summed E-state index contributed by atoms with van der Waals surface area (Å²) in [6, 6.07) is 11.9. The van der Waals surface area contributed by atoms with Gasteiger partial charge in [0.1, 0.15) is 17.6 Å². The third-order valence-corrected chi connectivity index (χ3v) is 7.99. The van der Waals surface area contributed by atoms with Crippen LogP contribution < -0.4 is 4.74 Å². The Balaban J connectivity index is 1.98. The van der Waals surface area contributed by atoms with Gasteiger partial charge in [-0.15, -0.1) is 18.3 Å². The number of hydrogen-bond acceptors (Lipinski definition) is 9. The molecule has 39 heavy (non-hydrogen) atoms. The molecule has 0 bridgehead atoms. The van der Waals surface area contributed by atoms with Crippen LogP contribution in [0.4, 0.5) is 5.69 Å². The Hall–Kier alpha value is -3.28. The molecule has 12 heteroatoms. The highest BCUT2D eigenvalue weighted by molar-refractivity contribution is 8.16. The molecule has 0 aliphatic carbocycles. The molecule has 1 aliphatic rings. The van der Waals surface area contributed by atoms with Crippen LogP contribution in [0.25, 0.3) is 0 Å². The third-order valence-electron chi connectivity index (χ3n) is 5.30. The van der Waals surface area contributed by atoms with Crippen LogP contribution in [-0.2, 0) is 25.7 Å². The maximum atomic E-state index is 13.5. The average Bonchev–Trinajstić information content (AvgIpc) is 2.89. The summed E-state index contributed by atoms with van der Waals surface area (Å²) in [6.07, 6.45) is 1.68. The second-order valence-electron chi connectivity index (χ2n) is 9.39. The summed E-state index contributed by atoms with van der Waals surface area (Å²) in [5.41, 5.74) is -0.583. The normalized spacial score (nSPS) is 15.6. The van der Waals surface area contributed by atoms with Crippen molar-refractivity contribution in [3.05, 3.63) is 92.7 Å². The van der Waals surface area contributed by atoms with Crippen LogP contribution in [0, 0.1) is 15.5 Å². The number of non-ortho nitro benzene ring substituents is 1. The van der Waals surface area contributed by atoms with E-state index < -0.39 is 16.3 Å². The zero-order valence-corrected chi connectivity index (χ0v) is 23.9. The number of thioether (sulfide) groups is 2. The van der Waals surface area contributed by atoms with Crippen molar-refractivity contribution in [2.24, 2.45) is 5.41 Å². The average molecular weight is 591 g/mol. The summed E-state index contributed by atoms with van der Waals surface area (Å²) >= 11 is 8.08. The van der Waals surface area contributed by atoms with E-state index in [-0.39, 0.29) is 45.9 Å². The second-order valence-corrected chi connectivity index (χ2v) is 12.0. The number of carbonyl (C=O) groups excluding carboxylic acids is 3. The lowest BCUT2D eigenvalue weighted by atomic mass is 10.00. The van der Waals surface area contributed by atoms with Crippen LogP contribution in [0.15, 0.2) is 72.0 Å². The lowest BCUT2D eigenvalue weighted by Gasteiger charge is -2.38. The van der Waals surface area contributed by atoms with Crippen molar-refractivity contribution >= 4 is 57.8 Å². The molecule has 1 heterocycles. The zero-order valence-electron chi connectivity index (χ0n) is 21.5. The van der Waals surface area contributed by atoms with Crippen molar-refractivity contribution in [2.75, 3.05) is 12.3 Å². The van der Waals surface area contributed by atoms with E-state index in [9.17, 15) is 24.5 Å². The first-order valence-corrected chi connectivity index (χ1v) is 14.0. The van der Waals surface area contributed by atoms with Gasteiger partial charge in [-0.25, -0.2) is 4.79 Å². The SMILES string of the molecule is C=CCSC1CN(C(C(=O)OCc2ccc([N+](=O)[O-])cc2)=C(Oc2ccc(Cl)cc2)SC(=O)C(C)(C)C)C1=O. The maximum absolute atomic E-state index is 13.5. The monoisotopic (exact) mass is 590 g/mol. The van der Waals surface area contributed by atoms with Crippen LogP contribution in [0.5, 0.6) is 5.75 Å². The summed E-state index contributed by atoms with van der Waals surface area (Å²) in [6.45, 7) is 8.84. The third kappa shape index (κ3) is 8.11. The Morgan fingerprint density at radius 3 is 2.36 bits per heavy atom. The van der Waals surface area contributed by atoms with E-state index in [0.29, 0.717) is 33.9 Å². The topological polar surface area (TPSA) is 116 Å². The minimum atomic E-state index is -0.882. The number of ether oxygens (including phenoxy) is 2. The Kier molecular flexibility index (Phi) is 10.2. The number of benzene rings is 2. The van der Waals surface area contributed by atoms with Crippen molar-refractivity contribution in [2.45, 2.75) is 32.6 Å². The zero-order chi connectivity index (χ0) is 28.7. The van der Waals surface area contributed by atoms with E-state index in [1.807, 2.05) is 0 Å². The largest absolute Gasteiger partial charge is 0.456 e. The fourth-order valence-corrected chi connectivity index (χ4v) is 5.03. The van der Waals surface area contributed by atoms with Crippen LogP contribution in [0.1, 0.15) is 26.3 Å². The van der Waals surface area contributed by atoms with Crippen LogP contribution in [0.2, 0.25) is 5.02 Å². The number of nitro benzene ring substituents is 1. The van der Waals surface area contributed by atoms with Crippen LogP contribution >= 0.6 is 35.1 Å². The van der Waals surface area contributed by atoms with Gasteiger partial charge in [0.05, 0.1) is 4.92 Å². The first kappa shape index (κ1) is 30.3. The molecule has 2 aromatic rings. The number of rotatable bonds is 11. The van der Waals surface area contributed by atoms with Gasteiger partial charge >= 0.3 is 5.97 Å². The Bertz CT molecular complexity index is 1290. The fraction of sp³-hybridized carbons (Fsp3) is 0.296. The first-order valence-electron chi connectivity index (χ1n) is 11.7. The Labute approximate surface area is 239 Å². The molecule has 0 spiro atoms. The number of carbonyl (C=O) groups is 3. The molecule has 0 aromatic heterocycles. The van der Waals surface area contributed by atoms with E-state index in [0.717, 1.165) is 0 Å². The standard InChI is InChI=1S/C27H27ClN2O7S2/c1-5-14-38-21-15-29(23(21)31)22(24(32)36-16-17-6-10-19(11-7-17)30(34)35)25(39-26(33)27(2,3)4)37-20-12-8-18(28)9-13-20/h5-13,21H,1,14-16H2,2-4H3. The van der Waals surface area contributed by atoms with Gasteiger partial charge in [0.15, 0.2) is 10.8 Å². The lowest BCUT2D eigenvalue weighted by Crippen LogP contribution is -2.55. The van der Waals surface area contributed by atoms with Crippen molar-refractivity contribution in [3.8, 4) is 5.75 Å². The summed E-state index contributed by atoms with van der Waals surface area (Å²) < 4.78 is 11.5. The van der Waals surface area contributed by atoms with Gasteiger partial charge in [-0.3, -0.25) is 24.6 Å². The van der Waals surface area contributed by atoms with Crippen molar-refractivity contribution in [1.82, 2.24) is 4.90 Å². The number of nitro groups is 1. The molecular weight excluding hydrogens is 564 g/mol. The minimum absolute atomic E-state index is 0.101. The minimum Gasteiger partial charge on any atom is -0.456 e. The van der Waals surface area contributed by atoms with Gasteiger partial charge < -0.3 is 9.47 Å². The van der Waals surface area contributed by atoms with Gasteiger partial charge in [-0.1, -0.05) is 38.4 Å². The summed E-state index contributed by atoms with van der Waals surface area (Å²) in [4.78, 5) is 51.2. The molecule has 0 N–H and O–H groups in total. The molecule has 206 valence electrons. The highest BCUT2D eigenvalue weighted by atomic mass is 35.5. The predicted octanol–water partition coefficient (Wildman–Crippen LogP) is 5.98. The summed E-state index contributed by atoms with van der Waals surface area (Å²) in [5, 5.41) is 10.6. The molecule has 9 nitrogen and oxygen atoms in total. The molecule has 2 aromatic carbocycles. The Morgan fingerprint density at radius 2 is 1.82 bits per heavy atom. The first-order chi connectivity index (χ1) is 18.4. The lowest BCUT2D eigenvalue weighted by molar-refractivity contribution is -0.384. The fourth-order valence-electron chi connectivity index (χ4n) is 3.10. The summed E-state index contributed by atoms with van der Waals surface area (Å²) in [7, 11) is 0. The highest BCUT2D eigenvalue weighted by Crippen LogP contribution is 2.37. The van der Waals surface area contributed by atoms with Gasteiger partial charge in [0.2, 0.25) is 11.0 Å². The van der Waals surface area contributed by atoms with Gasteiger partial charge in [-0.05, 0) is 53.7 Å². The van der Waals surface area contributed by atoms with E-state index >= 15 is 0 Å². The molecule has 3 rings (SSSR count). The van der Waals surface area contributed by atoms with Gasteiger partial charge in [-0.2, -0.15) is 0 Å². The van der Waals surface area contributed by atoms with E-state index in [2.05, 4.69) is 6.58 Å². The number of esters is 1. The van der Waals surface area contributed by atoms with Crippen molar-refractivity contribution < 1.29 is 28.8 Å². The molecular formula is C27H27ClN2O7S2. The molecule has 1 unspecified atom stereocenters. The van der Waals surface area contributed by atoms with E-state index in [1.54, 1.807) is 51.1 Å². The quantitative estimate of drug-likeness (QED) is 0.0593. The number of hydrogen-bond donors (Lipinski definition) is 0. The molecule has 1 fully saturated rings. The Morgan fingerprint density at radius 1 is 1.18 bits per heavy atom. The number of β-lactam (4-membered cyclic amide) rings is 1. The van der Waals surface area contributed by atoms with Crippen LogP contribution in [-0.4, -0.2) is 44.4 Å². The smallest absolute Gasteiger partial charge is 0.359 e. The second kappa shape index (κ2) is 13.2. The van der Waals surface area contributed by atoms with Gasteiger partial charge in [0.25, 0.3) is 5.69 Å². The van der Waals surface area contributed by atoms with E-state index in [1.165, 1.54) is 40.9 Å². The predicted molar refractivity (Wildman–Crippen MR) is 152 cm³/mol. The number of halogens is 1. The molecule has 0 saturated carbocycles. The van der Waals surface area contributed by atoms with Gasteiger partial charge in [0, 0.05) is 34.9 Å². The number of likely N-dealkylation sites (tertiary alicyclic amines) is 1. The van der Waals surface area contributed by atoms with Crippen molar-refractivity contribution in [1.29, 1.82) is 0 Å². The molecule has 1 amide bonds. The molecule has 0 radical (unpaired) electrons. The van der Waals surface area contributed by atoms with Crippen LogP contribution in [0.3, 0.4) is 0 Å². The molecule has 1 saturated heterocycles. The number of amides is 1.